The normalized spacial score (nSPS) is 15.7. The standard InChI is InChI=1S/C18H26N2O3.C11H21NO2.C8H7FO/c1-14-5-6-15(13-21)16(11-14)20-9-7-19(8-10-20)12-17(22)23-18(2,3)4;1-11(2,3)14-10(13)9-12-7-5-4-6-8-12;1-6-2-3-7(5-10)8(9)4-6/h5-6,11,13H,7-10,12H2,1-4H3;4-9H2,1-3H3;2-5H,1H3. The highest BCUT2D eigenvalue weighted by molar-refractivity contribution is 5.85. The molecule has 47 heavy (non-hydrogen) atoms. The van der Waals surface area contributed by atoms with Crippen molar-refractivity contribution in [3.05, 3.63) is 64.5 Å². The number of aldehydes is 2. The largest absolute Gasteiger partial charge is 0.459 e. The lowest BCUT2D eigenvalue weighted by Crippen LogP contribution is -2.49. The summed E-state index contributed by atoms with van der Waals surface area (Å²) in [6.07, 6.45) is 5.13. The van der Waals surface area contributed by atoms with Crippen molar-refractivity contribution in [1.29, 1.82) is 0 Å². The van der Waals surface area contributed by atoms with Gasteiger partial charge in [-0.05, 0) is 117 Å². The number of piperazine rings is 1. The Labute approximate surface area is 280 Å². The van der Waals surface area contributed by atoms with Gasteiger partial charge in [-0.15, -0.1) is 0 Å². The Balaban J connectivity index is 0.000000271. The molecule has 9 nitrogen and oxygen atoms in total. The quantitative estimate of drug-likeness (QED) is 0.262. The van der Waals surface area contributed by atoms with Gasteiger partial charge in [0.2, 0.25) is 0 Å². The van der Waals surface area contributed by atoms with E-state index in [1.807, 2.05) is 66.7 Å². The van der Waals surface area contributed by atoms with Crippen LogP contribution < -0.4 is 4.90 Å². The minimum absolute atomic E-state index is 0.0978. The van der Waals surface area contributed by atoms with Crippen molar-refractivity contribution in [2.75, 3.05) is 57.3 Å². The smallest absolute Gasteiger partial charge is 0.320 e. The van der Waals surface area contributed by atoms with Gasteiger partial charge in [-0.3, -0.25) is 29.0 Å². The van der Waals surface area contributed by atoms with E-state index in [1.54, 1.807) is 13.0 Å². The minimum Gasteiger partial charge on any atom is -0.459 e. The van der Waals surface area contributed by atoms with Crippen molar-refractivity contribution in [3.8, 4) is 0 Å². The molecule has 0 bridgehead atoms. The van der Waals surface area contributed by atoms with E-state index in [0.717, 1.165) is 67.9 Å². The fraction of sp³-hybridized carbons (Fsp3) is 0.568. The van der Waals surface area contributed by atoms with Crippen LogP contribution in [0.3, 0.4) is 0 Å². The molecule has 0 radical (unpaired) electrons. The van der Waals surface area contributed by atoms with Crippen LogP contribution in [0.2, 0.25) is 0 Å². The average Bonchev–Trinajstić information content (AvgIpc) is 2.97. The molecule has 0 aromatic heterocycles. The highest BCUT2D eigenvalue weighted by Crippen LogP contribution is 2.22. The maximum atomic E-state index is 12.6. The average molecular weight is 656 g/mol. The highest BCUT2D eigenvalue weighted by atomic mass is 19.1. The Morgan fingerprint density at radius 1 is 0.681 bits per heavy atom. The van der Waals surface area contributed by atoms with Gasteiger partial charge in [-0.2, -0.15) is 0 Å². The molecular formula is C37H54FN3O6. The lowest BCUT2D eigenvalue weighted by atomic mass is 10.1. The summed E-state index contributed by atoms with van der Waals surface area (Å²) < 4.78 is 23.2. The van der Waals surface area contributed by atoms with Crippen molar-refractivity contribution in [1.82, 2.24) is 9.80 Å². The predicted octanol–water partition coefficient (Wildman–Crippen LogP) is 6.03. The van der Waals surface area contributed by atoms with Gasteiger partial charge in [0.25, 0.3) is 0 Å². The van der Waals surface area contributed by atoms with Gasteiger partial charge in [-0.25, -0.2) is 4.39 Å². The monoisotopic (exact) mass is 655 g/mol. The molecule has 10 heteroatoms. The summed E-state index contributed by atoms with van der Waals surface area (Å²) >= 11 is 0. The Morgan fingerprint density at radius 3 is 1.57 bits per heavy atom. The van der Waals surface area contributed by atoms with Crippen molar-refractivity contribution >= 4 is 30.2 Å². The van der Waals surface area contributed by atoms with Crippen molar-refractivity contribution in [3.63, 3.8) is 0 Å². The molecule has 0 spiro atoms. The number of carbonyl (C=O) groups excluding carboxylic acids is 4. The second kappa shape index (κ2) is 18.6. The van der Waals surface area contributed by atoms with Gasteiger partial charge in [0.1, 0.15) is 17.0 Å². The summed E-state index contributed by atoms with van der Waals surface area (Å²) in [4.78, 5) is 51.2. The number of ether oxygens (including phenoxy) is 2. The molecule has 0 aliphatic carbocycles. The number of likely N-dealkylation sites (tertiary alicyclic amines) is 1. The molecule has 0 saturated carbocycles. The number of halogens is 1. The molecule has 2 aliphatic heterocycles. The molecule has 2 aromatic carbocycles. The molecule has 0 unspecified atom stereocenters. The van der Waals surface area contributed by atoms with Crippen LogP contribution in [0.25, 0.3) is 0 Å². The highest BCUT2D eigenvalue weighted by Gasteiger charge is 2.24. The first-order valence-electron chi connectivity index (χ1n) is 16.4. The van der Waals surface area contributed by atoms with Crippen LogP contribution in [-0.4, -0.2) is 97.9 Å². The Bertz CT molecular complexity index is 1320. The maximum Gasteiger partial charge on any atom is 0.320 e. The van der Waals surface area contributed by atoms with E-state index in [1.165, 1.54) is 31.4 Å². The Kier molecular flexibility index (Phi) is 15.7. The van der Waals surface area contributed by atoms with Gasteiger partial charge in [0.15, 0.2) is 12.6 Å². The van der Waals surface area contributed by atoms with Crippen LogP contribution in [0.15, 0.2) is 36.4 Å². The number of piperidine rings is 1. The zero-order chi connectivity index (χ0) is 35.2. The van der Waals surface area contributed by atoms with E-state index in [0.29, 0.717) is 19.4 Å². The first kappa shape index (κ1) is 39.5. The van der Waals surface area contributed by atoms with Crippen LogP contribution in [-0.2, 0) is 19.1 Å². The number of esters is 2. The second-order valence-corrected chi connectivity index (χ2v) is 14.1. The molecule has 2 fully saturated rings. The van der Waals surface area contributed by atoms with E-state index in [2.05, 4.69) is 14.7 Å². The molecular weight excluding hydrogens is 601 g/mol. The third kappa shape index (κ3) is 15.7. The summed E-state index contributed by atoms with van der Waals surface area (Å²) in [5, 5.41) is 0. The summed E-state index contributed by atoms with van der Waals surface area (Å²) in [6.45, 7) is 21.2. The van der Waals surface area contributed by atoms with E-state index in [4.69, 9.17) is 9.47 Å². The van der Waals surface area contributed by atoms with Crippen LogP contribution in [0.4, 0.5) is 10.1 Å². The summed E-state index contributed by atoms with van der Waals surface area (Å²) in [7, 11) is 0. The van der Waals surface area contributed by atoms with Crippen molar-refractivity contribution < 1.29 is 33.0 Å². The number of hydrogen-bond acceptors (Lipinski definition) is 9. The predicted molar refractivity (Wildman–Crippen MR) is 184 cm³/mol. The van der Waals surface area contributed by atoms with E-state index in [-0.39, 0.29) is 23.1 Å². The van der Waals surface area contributed by atoms with Crippen LogP contribution in [0.1, 0.15) is 92.6 Å². The molecule has 0 amide bonds. The molecule has 2 aromatic rings. The summed E-state index contributed by atoms with van der Waals surface area (Å²) in [6, 6.07) is 10.4. The zero-order valence-electron chi connectivity index (χ0n) is 29.6. The van der Waals surface area contributed by atoms with Crippen LogP contribution in [0.5, 0.6) is 0 Å². The number of benzene rings is 2. The molecule has 0 N–H and O–H groups in total. The van der Waals surface area contributed by atoms with Gasteiger partial charge in [0, 0.05) is 37.4 Å². The SMILES string of the molecule is CC(C)(C)OC(=O)CN1CCCCC1.Cc1ccc(C=O)c(F)c1.Cc1ccc(C=O)c(N2CCN(CC(=O)OC(C)(C)C)CC2)c1. The first-order chi connectivity index (χ1) is 22.0. The summed E-state index contributed by atoms with van der Waals surface area (Å²) in [5.41, 5.74) is 2.98. The van der Waals surface area contributed by atoms with Crippen LogP contribution in [0, 0.1) is 19.7 Å². The van der Waals surface area contributed by atoms with E-state index in [9.17, 15) is 23.6 Å². The molecule has 4 rings (SSSR count). The first-order valence-corrected chi connectivity index (χ1v) is 16.4. The molecule has 0 atom stereocenters. The van der Waals surface area contributed by atoms with Crippen molar-refractivity contribution in [2.45, 2.75) is 85.9 Å². The second-order valence-electron chi connectivity index (χ2n) is 14.1. The number of anilines is 1. The fourth-order valence-electron chi connectivity index (χ4n) is 5.13. The number of aryl methyl sites for hydroxylation is 2. The Hall–Kier alpha value is -3.63. The maximum absolute atomic E-state index is 12.6. The summed E-state index contributed by atoms with van der Waals surface area (Å²) in [5.74, 6) is -0.732. The Morgan fingerprint density at radius 2 is 1.13 bits per heavy atom. The molecule has 2 saturated heterocycles. The van der Waals surface area contributed by atoms with Gasteiger partial charge in [-0.1, -0.05) is 18.6 Å². The molecule has 2 aliphatic rings. The molecule has 260 valence electrons. The number of carbonyl (C=O) groups is 4. The minimum atomic E-state index is -0.449. The fourth-order valence-corrected chi connectivity index (χ4v) is 5.13. The van der Waals surface area contributed by atoms with E-state index >= 15 is 0 Å². The topological polar surface area (TPSA) is 96.5 Å². The lowest BCUT2D eigenvalue weighted by Gasteiger charge is -2.36. The number of hydrogen-bond donors (Lipinski definition) is 0. The lowest BCUT2D eigenvalue weighted by molar-refractivity contribution is -0.157. The number of nitrogens with zero attached hydrogens (tertiary/aromatic N) is 3. The third-order valence-corrected chi connectivity index (χ3v) is 7.30. The molecule has 2 heterocycles. The van der Waals surface area contributed by atoms with Gasteiger partial charge >= 0.3 is 11.9 Å². The van der Waals surface area contributed by atoms with Crippen molar-refractivity contribution in [2.24, 2.45) is 0 Å². The van der Waals surface area contributed by atoms with Gasteiger partial charge < -0.3 is 14.4 Å². The number of rotatable bonds is 7. The van der Waals surface area contributed by atoms with E-state index < -0.39 is 11.4 Å². The van der Waals surface area contributed by atoms with Gasteiger partial charge in [0.05, 0.1) is 18.7 Å². The zero-order valence-corrected chi connectivity index (χ0v) is 29.6. The third-order valence-electron chi connectivity index (χ3n) is 7.30. The van der Waals surface area contributed by atoms with Crippen LogP contribution >= 0.6 is 0 Å².